The number of para-hydroxylation sites is 1. The fourth-order valence-corrected chi connectivity index (χ4v) is 4.17. The molecule has 1 atom stereocenters. The van der Waals surface area contributed by atoms with Crippen LogP contribution in [0.2, 0.25) is 0 Å². The molecular weight excluding hydrogens is 418 g/mol. The minimum Gasteiger partial charge on any atom is -0.507 e. The van der Waals surface area contributed by atoms with Gasteiger partial charge in [0.15, 0.2) is 0 Å². The molecule has 0 saturated carbocycles. The number of aliphatic hydroxyl groups is 1. The first-order valence-electron chi connectivity index (χ1n) is 10.8. The molecule has 0 bridgehead atoms. The molecule has 4 rings (SSSR count). The zero-order chi connectivity index (χ0) is 23.5. The molecule has 1 saturated heterocycles. The van der Waals surface area contributed by atoms with Crippen LogP contribution in [0, 0.1) is 6.92 Å². The van der Waals surface area contributed by atoms with Gasteiger partial charge in [0.05, 0.1) is 34.8 Å². The number of pyridine rings is 1. The summed E-state index contributed by atoms with van der Waals surface area (Å²) in [6, 6.07) is 12.4. The molecule has 170 valence electrons. The van der Waals surface area contributed by atoms with Gasteiger partial charge in [-0.25, -0.2) is 4.68 Å². The van der Waals surface area contributed by atoms with Crippen LogP contribution in [-0.2, 0) is 9.59 Å². The van der Waals surface area contributed by atoms with E-state index in [-0.39, 0.29) is 11.3 Å². The monoisotopic (exact) mass is 445 g/mol. The summed E-state index contributed by atoms with van der Waals surface area (Å²) in [5, 5.41) is 15.7. The van der Waals surface area contributed by atoms with Crippen molar-refractivity contribution in [1.29, 1.82) is 0 Å². The Labute approximate surface area is 192 Å². The lowest BCUT2D eigenvalue weighted by Gasteiger charge is -2.25. The average Bonchev–Trinajstić information content (AvgIpc) is 3.32. The van der Waals surface area contributed by atoms with E-state index < -0.39 is 17.7 Å². The standard InChI is InChI=1S/C25H27N5O3/c1-17-20(16-27-30(17)19-10-5-4-6-11-19)23(31)21-22(18-9-7-12-26-15-18)29(25(33)24(21)32)14-8-13-28(2)3/h4-7,9-12,15-16,22,31H,8,13-14H2,1-3H3/t22-/m0/s1. The molecule has 1 fully saturated rings. The SMILES string of the molecule is Cc1c(C(O)=C2C(=O)C(=O)N(CCCN(C)C)[C@H]2c2cccnc2)cnn1-c1ccccc1. The Hall–Kier alpha value is -3.78. The highest BCUT2D eigenvalue weighted by Gasteiger charge is 2.46. The van der Waals surface area contributed by atoms with E-state index in [4.69, 9.17) is 0 Å². The first-order valence-corrected chi connectivity index (χ1v) is 10.8. The number of aliphatic hydroxyl groups excluding tert-OH is 1. The first kappa shape index (κ1) is 22.4. The molecule has 1 amide bonds. The summed E-state index contributed by atoms with van der Waals surface area (Å²) < 4.78 is 1.70. The molecule has 0 aliphatic carbocycles. The predicted octanol–water partition coefficient (Wildman–Crippen LogP) is 2.95. The number of hydrogen-bond donors (Lipinski definition) is 1. The lowest BCUT2D eigenvalue weighted by molar-refractivity contribution is -0.139. The van der Waals surface area contributed by atoms with Crippen LogP contribution in [0.15, 0.2) is 66.6 Å². The highest BCUT2D eigenvalue weighted by atomic mass is 16.3. The number of amides is 1. The summed E-state index contributed by atoms with van der Waals surface area (Å²) >= 11 is 0. The number of Topliss-reactive ketones (excluding diaryl/α,β-unsaturated/α-hetero) is 1. The number of carbonyl (C=O) groups is 2. The summed E-state index contributed by atoms with van der Waals surface area (Å²) in [7, 11) is 3.92. The van der Waals surface area contributed by atoms with Crippen molar-refractivity contribution >= 4 is 17.4 Å². The molecule has 8 nitrogen and oxygen atoms in total. The van der Waals surface area contributed by atoms with Crippen LogP contribution in [0.1, 0.15) is 29.3 Å². The lowest BCUT2D eigenvalue weighted by Crippen LogP contribution is -2.32. The van der Waals surface area contributed by atoms with E-state index in [0.29, 0.717) is 29.8 Å². The lowest BCUT2D eigenvalue weighted by atomic mass is 9.96. The van der Waals surface area contributed by atoms with Crippen molar-refractivity contribution in [3.05, 3.63) is 83.4 Å². The van der Waals surface area contributed by atoms with Gasteiger partial charge in [0.2, 0.25) is 0 Å². The van der Waals surface area contributed by atoms with Gasteiger partial charge in [0.25, 0.3) is 11.7 Å². The molecule has 0 radical (unpaired) electrons. The molecule has 1 aromatic carbocycles. The summed E-state index contributed by atoms with van der Waals surface area (Å²) in [5.74, 6) is -1.53. The minimum atomic E-state index is -0.708. The predicted molar refractivity (Wildman–Crippen MR) is 125 cm³/mol. The summed E-state index contributed by atoms with van der Waals surface area (Å²) in [4.78, 5) is 33.9. The molecule has 1 N–H and O–H groups in total. The van der Waals surface area contributed by atoms with Crippen LogP contribution >= 0.6 is 0 Å². The van der Waals surface area contributed by atoms with Gasteiger partial charge in [0.1, 0.15) is 5.76 Å². The zero-order valence-electron chi connectivity index (χ0n) is 19.0. The van der Waals surface area contributed by atoms with Gasteiger partial charge >= 0.3 is 0 Å². The fraction of sp³-hybridized carbons (Fsp3) is 0.280. The third-order valence-electron chi connectivity index (χ3n) is 5.81. The van der Waals surface area contributed by atoms with Crippen molar-refractivity contribution in [1.82, 2.24) is 24.6 Å². The van der Waals surface area contributed by atoms with Crippen LogP contribution in [0.3, 0.4) is 0 Å². The Morgan fingerprint density at radius 1 is 1.09 bits per heavy atom. The number of benzene rings is 1. The molecule has 1 aliphatic heterocycles. The molecule has 1 aliphatic rings. The van der Waals surface area contributed by atoms with Crippen LogP contribution in [0.5, 0.6) is 0 Å². The van der Waals surface area contributed by atoms with Crippen LogP contribution in [0.4, 0.5) is 0 Å². The third kappa shape index (κ3) is 4.29. The Balaban J connectivity index is 1.79. The van der Waals surface area contributed by atoms with E-state index in [1.165, 1.54) is 11.1 Å². The second-order valence-corrected chi connectivity index (χ2v) is 8.33. The van der Waals surface area contributed by atoms with Crippen molar-refractivity contribution in [2.24, 2.45) is 0 Å². The Kier molecular flexibility index (Phi) is 6.37. The zero-order valence-corrected chi connectivity index (χ0v) is 19.0. The van der Waals surface area contributed by atoms with Gasteiger partial charge in [-0.3, -0.25) is 14.6 Å². The molecule has 8 heteroatoms. The largest absolute Gasteiger partial charge is 0.507 e. The minimum absolute atomic E-state index is 0.0635. The maximum atomic E-state index is 13.1. The molecule has 33 heavy (non-hydrogen) atoms. The van der Waals surface area contributed by atoms with Crippen molar-refractivity contribution in [2.45, 2.75) is 19.4 Å². The smallest absolute Gasteiger partial charge is 0.295 e. The Bertz CT molecular complexity index is 1190. The molecule has 0 unspecified atom stereocenters. The van der Waals surface area contributed by atoms with E-state index in [9.17, 15) is 14.7 Å². The van der Waals surface area contributed by atoms with E-state index in [0.717, 1.165) is 12.2 Å². The molecular formula is C25H27N5O3. The van der Waals surface area contributed by atoms with Crippen LogP contribution in [0.25, 0.3) is 11.4 Å². The summed E-state index contributed by atoms with van der Waals surface area (Å²) in [6.07, 6.45) is 5.48. The van der Waals surface area contributed by atoms with Crippen LogP contribution < -0.4 is 0 Å². The molecule has 3 aromatic rings. The topological polar surface area (TPSA) is 91.6 Å². The number of rotatable bonds is 7. The van der Waals surface area contributed by atoms with Gasteiger partial charge in [0, 0.05) is 18.9 Å². The van der Waals surface area contributed by atoms with Crippen molar-refractivity contribution in [3.63, 3.8) is 0 Å². The van der Waals surface area contributed by atoms with Gasteiger partial charge in [-0.05, 0) is 57.7 Å². The summed E-state index contributed by atoms with van der Waals surface area (Å²) in [6.45, 7) is 2.98. The maximum absolute atomic E-state index is 13.1. The van der Waals surface area contributed by atoms with Gasteiger partial charge < -0.3 is 14.9 Å². The highest BCUT2D eigenvalue weighted by Crippen LogP contribution is 2.39. The fourth-order valence-electron chi connectivity index (χ4n) is 4.17. The van der Waals surface area contributed by atoms with E-state index >= 15 is 0 Å². The normalized spacial score (nSPS) is 17.8. The molecule has 2 aromatic heterocycles. The van der Waals surface area contributed by atoms with E-state index in [1.54, 1.807) is 23.1 Å². The maximum Gasteiger partial charge on any atom is 0.295 e. The number of hydrogen-bond acceptors (Lipinski definition) is 6. The van der Waals surface area contributed by atoms with E-state index in [1.807, 2.05) is 62.3 Å². The number of likely N-dealkylation sites (tertiary alicyclic amines) is 1. The van der Waals surface area contributed by atoms with E-state index in [2.05, 4.69) is 10.1 Å². The van der Waals surface area contributed by atoms with Gasteiger partial charge in [-0.2, -0.15) is 5.10 Å². The second-order valence-electron chi connectivity index (χ2n) is 8.33. The van der Waals surface area contributed by atoms with Crippen molar-refractivity contribution < 1.29 is 14.7 Å². The molecule has 3 heterocycles. The number of nitrogens with zero attached hydrogens (tertiary/aromatic N) is 5. The third-order valence-corrected chi connectivity index (χ3v) is 5.81. The average molecular weight is 446 g/mol. The summed E-state index contributed by atoms with van der Waals surface area (Å²) in [5.41, 5.74) is 2.66. The van der Waals surface area contributed by atoms with Gasteiger partial charge in [-0.1, -0.05) is 24.3 Å². The Morgan fingerprint density at radius 3 is 2.52 bits per heavy atom. The number of carbonyl (C=O) groups excluding carboxylic acids is 2. The highest BCUT2D eigenvalue weighted by molar-refractivity contribution is 6.46. The second kappa shape index (κ2) is 9.38. The first-order chi connectivity index (χ1) is 15.9. The number of ketones is 1. The number of aromatic nitrogens is 3. The van der Waals surface area contributed by atoms with Crippen molar-refractivity contribution in [3.8, 4) is 5.69 Å². The Morgan fingerprint density at radius 2 is 1.85 bits per heavy atom. The quantitative estimate of drug-likeness (QED) is 0.342. The van der Waals surface area contributed by atoms with Crippen molar-refractivity contribution in [2.75, 3.05) is 27.2 Å². The van der Waals surface area contributed by atoms with Gasteiger partial charge in [-0.15, -0.1) is 0 Å². The molecule has 0 spiro atoms. The van der Waals surface area contributed by atoms with Crippen LogP contribution in [-0.4, -0.2) is 68.5 Å².